The van der Waals surface area contributed by atoms with E-state index >= 15 is 0 Å². The average Bonchev–Trinajstić information content (AvgIpc) is 2.67. The second kappa shape index (κ2) is 10.1. The van der Waals surface area contributed by atoms with E-state index < -0.39 is 11.8 Å². The maximum absolute atomic E-state index is 12.5. The van der Waals surface area contributed by atoms with Crippen LogP contribution in [0.1, 0.15) is 21.5 Å². The number of hydrogen-bond donors (Lipinski definition) is 3. The van der Waals surface area contributed by atoms with E-state index in [-0.39, 0.29) is 23.7 Å². The highest BCUT2D eigenvalue weighted by atomic mass is 16.5. The van der Waals surface area contributed by atoms with Gasteiger partial charge in [0.2, 0.25) is 0 Å². The third kappa shape index (κ3) is 5.93. The Morgan fingerprint density at radius 2 is 1.63 bits per heavy atom. The van der Waals surface area contributed by atoms with Crippen LogP contribution in [0.3, 0.4) is 0 Å². The van der Waals surface area contributed by atoms with Gasteiger partial charge in [0, 0.05) is 20.2 Å². The number of amides is 3. The largest absolute Gasteiger partial charge is 0.383 e. The van der Waals surface area contributed by atoms with Gasteiger partial charge in [-0.05, 0) is 30.2 Å². The quantitative estimate of drug-likeness (QED) is 0.510. The normalized spacial score (nSPS) is 10.1. The van der Waals surface area contributed by atoms with Crippen molar-refractivity contribution in [2.45, 2.75) is 13.5 Å². The first-order valence-electron chi connectivity index (χ1n) is 8.52. The van der Waals surface area contributed by atoms with Gasteiger partial charge in [-0.1, -0.05) is 36.4 Å². The van der Waals surface area contributed by atoms with E-state index in [1.807, 2.05) is 31.2 Å². The Hall–Kier alpha value is -3.19. The Balaban J connectivity index is 2.01. The molecule has 0 aromatic heterocycles. The molecule has 0 aliphatic rings. The van der Waals surface area contributed by atoms with Gasteiger partial charge < -0.3 is 20.7 Å². The summed E-state index contributed by atoms with van der Waals surface area (Å²) in [5, 5.41) is 7.74. The number of nitrogens with one attached hydrogen (secondary N) is 3. The van der Waals surface area contributed by atoms with E-state index in [1.54, 1.807) is 24.3 Å². The lowest BCUT2D eigenvalue weighted by molar-refractivity contribution is -0.136. The van der Waals surface area contributed by atoms with E-state index in [0.29, 0.717) is 13.2 Å². The van der Waals surface area contributed by atoms with Crippen molar-refractivity contribution in [3.63, 3.8) is 0 Å². The molecule has 0 saturated carbocycles. The highest BCUT2D eigenvalue weighted by Crippen LogP contribution is 2.15. The lowest BCUT2D eigenvalue weighted by Gasteiger charge is -2.12. The summed E-state index contributed by atoms with van der Waals surface area (Å²) in [5.74, 6) is -1.97. The van der Waals surface area contributed by atoms with Gasteiger partial charge in [0.05, 0.1) is 17.9 Å². The lowest BCUT2D eigenvalue weighted by atomic mass is 10.1. The molecule has 3 amide bonds. The molecule has 0 bridgehead atoms. The fraction of sp³-hybridized carbons (Fsp3) is 0.250. The molecule has 2 aromatic rings. The van der Waals surface area contributed by atoms with Crippen molar-refractivity contribution in [1.82, 2.24) is 10.6 Å². The smallest absolute Gasteiger partial charge is 0.313 e. The van der Waals surface area contributed by atoms with Crippen LogP contribution in [-0.2, 0) is 20.9 Å². The first kappa shape index (κ1) is 20.1. The van der Waals surface area contributed by atoms with Crippen LogP contribution in [0.5, 0.6) is 0 Å². The minimum atomic E-state index is -0.842. The van der Waals surface area contributed by atoms with Crippen molar-refractivity contribution < 1.29 is 19.1 Å². The number of methoxy groups -OCH3 is 1. The second-order valence-electron chi connectivity index (χ2n) is 5.86. The molecular weight excluding hydrogens is 346 g/mol. The van der Waals surface area contributed by atoms with Crippen LogP contribution < -0.4 is 16.0 Å². The second-order valence-corrected chi connectivity index (χ2v) is 5.86. The standard InChI is InChI=1S/C20H23N3O4/c1-14-7-3-4-8-15(14)13-22-18(24)16-9-5-6-10-17(16)23-20(26)19(25)21-11-12-27-2/h3-10H,11-13H2,1-2H3,(H,21,25)(H,22,24)(H,23,26). The van der Waals surface area contributed by atoms with Gasteiger partial charge in [0.25, 0.3) is 5.91 Å². The Kier molecular flexibility index (Phi) is 7.51. The minimum Gasteiger partial charge on any atom is -0.383 e. The molecule has 27 heavy (non-hydrogen) atoms. The van der Waals surface area contributed by atoms with Gasteiger partial charge in [-0.15, -0.1) is 0 Å². The zero-order valence-electron chi connectivity index (χ0n) is 15.4. The lowest BCUT2D eigenvalue weighted by Crippen LogP contribution is -2.37. The summed E-state index contributed by atoms with van der Waals surface area (Å²) < 4.78 is 4.81. The van der Waals surface area contributed by atoms with Crippen molar-refractivity contribution in [3.8, 4) is 0 Å². The Morgan fingerprint density at radius 3 is 2.37 bits per heavy atom. The number of carbonyl (C=O) groups excluding carboxylic acids is 3. The molecule has 3 N–H and O–H groups in total. The van der Waals surface area contributed by atoms with E-state index in [1.165, 1.54) is 7.11 Å². The first-order valence-corrected chi connectivity index (χ1v) is 8.52. The Bertz CT molecular complexity index is 820. The maximum atomic E-state index is 12.5. The van der Waals surface area contributed by atoms with Crippen molar-refractivity contribution in [1.29, 1.82) is 0 Å². The van der Waals surface area contributed by atoms with E-state index in [0.717, 1.165) is 11.1 Å². The highest BCUT2D eigenvalue weighted by molar-refractivity contribution is 6.40. The zero-order chi connectivity index (χ0) is 19.6. The van der Waals surface area contributed by atoms with Gasteiger partial charge in [0.15, 0.2) is 0 Å². The van der Waals surface area contributed by atoms with Gasteiger partial charge in [0.1, 0.15) is 0 Å². The van der Waals surface area contributed by atoms with Crippen LogP contribution in [0, 0.1) is 6.92 Å². The molecule has 0 unspecified atom stereocenters. The van der Waals surface area contributed by atoms with E-state index in [2.05, 4.69) is 16.0 Å². The summed E-state index contributed by atoms with van der Waals surface area (Å²) in [6.45, 7) is 2.86. The summed E-state index contributed by atoms with van der Waals surface area (Å²) in [4.78, 5) is 36.3. The van der Waals surface area contributed by atoms with E-state index in [4.69, 9.17) is 4.74 Å². The third-order valence-corrected chi connectivity index (χ3v) is 3.92. The maximum Gasteiger partial charge on any atom is 0.313 e. The van der Waals surface area contributed by atoms with Crippen molar-refractivity contribution in [2.75, 3.05) is 25.6 Å². The molecule has 142 valence electrons. The number of carbonyl (C=O) groups is 3. The fourth-order valence-electron chi connectivity index (χ4n) is 2.40. The molecule has 0 aliphatic carbocycles. The van der Waals surface area contributed by atoms with E-state index in [9.17, 15) is 14.4 Å². The highest BCUT2D eigenvalue weighted by Gasteiger charge is 2.17. The fourth-order valence-corrected chi connectivity index (χ4v) is 2.40. The number of benzene rings is 2. The van der Waals surface area contributed by atoms with Crippen LogP contribution in [-0.4, -0.2) is 38.0 Å². The van der Waals surface area contributed by atoms with Gasteiger partial charge in [-0.25, -0.2) is 0 Å². The summed E-state index contributed by atoms with van der Waals surface area (Å²) >= 11 is 0. The molecule has 7 nitrogen and oxygen atoms in total. The van der Waals surface area contributed by atoms with Crippen LogP contribution >= 0.6 is 0 Å². The summed E-state index contributed by atoms with van der Waals surface area (Å²) in [6.07, 6.45) is 0. The first-order chi connectivity index (χ1) is 13.0. The summed E-state index contributed by atoms with van der Waals surface area (Å²) in [7, 11) is 1.50. The van der Waals surface area contributed by atoms with Crippen LogP contribution in [0.4, 0.5) is 5.69 Å². The van der Waals surface area contributed by atoms with Gasteiger partial charge >= 0.3 is 11.8 Å². The molecule has 0 radical (unpaired) electrons. The Morgan fingerprint density at radius 1 is 0.926 bits per heavy atom. The van der Waals surface area contributed by atoms with Gasteiger partial charge in [-0.2, -0.15) is 0 Å². The summed E-state index contributed by atoms with van der Waals surface area (Å²) in [6, 6.07) is 14.3. The van der Waals surface area contributed by atoms with Gasteiger partial charge in [-0.3, -0.25) is 14.4 Å². The minimum absolute atomic E-state index is 0.224. The molecule has 2 aromatic carbocycles. The molecule has 0 atom stereocenters. The molecule has 0 saturated heterocycles. The van der Waals surface area contributed by atoms with Crippen LogP contribution in [0.2, 0.25) is 0 Å². The van der Waals surface area contributed by atoms with Crippen molar-refractivity contribution in [3.05, 3.63) is 65.2 Å². The monoisotopic (exact) mass is 369 g/mol. The topological polar surface area (TPSA) is 96.5 Å². The molecule has 0 spiro atoms. The molecule has 0 aliphatic heterocycles. The number of anilines is 1. The SMILES string of the molecule is COCCNC(=O)C(=O)Nc1ccccc1C(=O)NCc1ccccc1C. The number of aryl methyl sites for hydroxylation is 1. The number of rotatable bonds is 7. The van der Waals surface area contributed by atoms with Crippen molar-refractivity contribution >= 4 is 23.4 Å². The number of para-hydroxylation sites is 1. The summed E-state index contributed by atoms with van der Waals surface area (Å²) in [5.41, 5.74) is 2.63. The molecular formula is C20H23N3O4. The molecule has 0 fully saturated rings. The van der Waals surface area contributed by atoms with Crippen molar-refractivity contribution in [2.24, 2.45) is 0 Å². The third-order valence-electron chi connectivity index (χ3n) is 3.92. The Labute approximate surface area is 158 Å². The average molecular weight is 369 g/mol. The zero-order valence-corrected chi connectivity index (χ0v) is 15.4. The number of ether oxygens (including phenoxy) is 1. The van der Waals surface area contributed by atoms with Crippen LogP contribution in [0.15, 0.2) is 48.5 Å². The molecule has 7 heteroatoms. The number of hydrogen-bond acceptors (Lipinski definition) is 4. The van der Waals surface area contributed by atoms with Crippen LogP contribution in [0.25, 0.3) is 0 Å². The predicted octanol–water partition coefficient (Wildman–Crippen LogP) is 1.63. The predicted molar refractivity (Wildman–Crippen MR) is 102 cm³/mol. The molecule has 2 rings (SSSR count). The molecule has 0 heterocycles.